The molecule has 148 valence electrons. The monoisotopic (exact) mass is 412 g/mol. The van der Waals surface area contributed by atoms with Crippen LogP contribution >= 0.6 is 11.6 Å². The molecule has 0 atom stereocenters. The molecule has 3 heterocycles. The van der Waals surface area contributed by atoms with Gasteiger partial charge < -0.3 is 14.8 Å². The second kappa shape index (κ2) is 7.80. The quantitative estimate of drug-likeness (QED) is 0.656. The molecule has 1 aliphatic heterocycles. The van der Waals surface area contributed by atoms with E-state index in [9.17, 15) is 4.79 Å². The number of pyridine rings is 1. The predicted octanol–water partition coefficient (Wildman–Crippen LogP) is 3.84. The van der Waals surface area contributed by atoms with Gasteiger partial charge in [-0.15, -0.1) is 0 Å². The van der Waals surface area contributed by atoms with Gasteiger partial charge in [-0.25, -0.2) is 9.78 Å². The summed E-state index contributed by atoms with van der Waals surface area (Å²) in [6, 6.07) is 6.54. The molecule has 2 amide bonds. The molecule has 3 aromatic rings. The first-order valence-electron chi connectivity index (χ1n) is 8.62. The number of urea groups is 1. The fourth-order valence-electron chi connectivity index (χ4n) is 2.88. The van der Waals surface area contributed by atoms with Crippen LogP contribution in [0.25, 0.3) is 0 Å². The van der Waals surface area contributed by atoms with Crippen LogP contribution in [0, 0.1) is 0 Å². The second-order valence-corrected chi connectivity index (χ2v) is 6.49. The Morgan fingerprint density at radius 2 is 2.00 bits per heavy atom. The third-order valence-corrected chi connectivity index (χ3v) is 4.72. The topological polar surface area (TPSA) is 102 Å². The average Bonchev–Trinajstić information content (AvgIpc) is 2.74. The van der Waals surface area contributed by atoms with E-state index in [-0.39, 0.29) is 12.6 Å². The molecule has 2 aromatic heterocycles. The molecule has 1 aliphatic rings. The fourth-order valence-corrected chi connectivity index (χ4v) is 3.17. The Morgan fingerprint density at radius 3 is 2.72 bits per heavy atom. The van der Waals surface area contributed by atoms with Crippen LogP contribution in [0.4, 0.5) is 27.9 Å². The van der Waals surface area contributed by atoms with Gasteiger partial charge >= 0.3 is 6.03 Å². The minimum atomic E-state index is -0.372. The molecule has 0 saturated heterocycles. The van der Waals surface area contributed by atoms with Gasteiger partial charge in [0, 0.05) is 42.0 Å². The molecule has 29 heavy (non-hydrogen) atoms. The van der Waals surface area contributed by atoms with Crippen molar-refractivity contribution in [1.82, 2.24) is 15.0 Å². The van der Waals surface area contributed by atoms with Gasteiger partial charge in [-0.3, -0.25) is 15.2 Å². The van der Waals surface area contributed by atoms with Crippen LogP contribution in [0.2, 0.25) is 5.02 Å². The molecule has 2 N–H and O–H groups in total. The van der Waals surface area contributed by atoms with Crippen LogP contribution in [0.3, 0.4) is 0 Å². The lowest BCUT2D eigenvalue weighted by Gasteiger charge is -2.29. The second-order valence-electron chi connectivity index (χ2n) is 6.11. The largest absolute Gasteiger partial charge is 0.497 e. The number of halogens is 1. The highest BCUT2D eigenvalue weighted by Gasteiger charge is 2.28. The number of fused-ring (bicyclic) bond motifs is 1. The number of hydrogen-bond acceptors (Lipinski definition) is 7. The van der Waals surface area contributed by atoms with Crippen molar-refractivity contribution in [3.8, 4) is 11.5 Å². The van der Waals surface area contributed by atoms with Crippen LogP contribution in [0.5, 0.6) is 11.5 Å². The highest BCUT2D eigenvalue weighted by atomic mass is 35.5. The number of ether oxygens (including phenoxy) is 2. The third kappa shape index (κ3) is 3.72. The summed E-state index contributed by atoms with van der Waals surface area (Å²) in [5, 5.41) is 6.16. The molecule has 0 bridgehead atoms. The summed E-state index contributed by atoms with van der Waals surface area (Å²) in [6.07, 6.45) is 4.97. The minimum Gasteiger partial charge on any atom is -0.497 e. The smallest absolute Gasteiger partial charge is 0.327 e. The number of aromatic nitrogens is 3. The van der Waals surface area contributed by atoms with Crippen molar-refractivity contribution in [3.63, 3.8) is 0 Å². The highest BCUT2D eigenvalue weighted by Crippen LogP contribution is 2.40. The van der Waals surface area contributed by atoms with Crippen LogP contribution in [-0.2, 0) is 6.54 Å². The van der Waals surface area contributed by atoms with E-state index >= 15 is 0 Å². The van der Waals surface area contributed by atoms with Crippen molar-refractivity contribution in [1.29, 1.82) is 0 Å². The van der Waals surface area contributed by atoms with E-state index in [1.165, 1.54) is 19.1 Å². The highest BCUT2D eigenvalue weighted by molar-refractivity contribution is 6.35. The Kier molecular flexibility index (Phi) is 5.05. The molecule has 4 rings (SSSR count). The van der Waals surface area contributed by atoms with E-state index in [1.807, 2.05) is 0 Å². The van der Waals surface area contributed by atoms with E-state index in [0.29, 0.717) is 34.0 Å². The number of carbonyl (C=O) groups excluding carboxylic acids is 1. The Hall–Kier alpha value is -3.59. The fraction of sp³-hybridized carbons (Fsp3) is 0.158. The van der Waals surface area contributed by atoms with Crippen LogP contribution in [0.15, 0.2) is 42.9 Å². The van der Waals surface area contributed by atoms with E-state index in [0.717, 1.165) is 11.3 Å². The van der Waals surface area contributed by atoms with Crippen LogP contribution in [-0.4, -0.2) is 35.2 Å². The first-order chi connectivity index (χ1) is 14.1. The average molecular weight is 413 g/mol. The van der Waals surface area contributed by atoms with Crippen molar-refractivity contribution in [2.75, 3.05) is 29.8 Å². The zero-order chi connectivity index (χ0) is 20.4. The van der Waals surface area contributed by atoms with Gasteiger partial charge in [0.25, 0.3) is 0 Å². The normalized spacial score (nSPS) is 12.8. The number of carbonyl (C=O) groups is 1. The van der Waals surface area contributed by atoms with Gasteiger partial charge in [-0.05, 0) is 12.1 Å². The number of anilines is 4. The first-order valence-corrected chi connectivity index (χ1v) is 9.00. The SMILES string of the molecule is COc1cc(OC)c(Cl)c(N2Cc3cnc(Nc4ccncc4)nc3NC2=O)c1. The number of nitrogens with one attached hydrogen (secondary N) is 2. The van der Waals surface area contributed by atoms with Crippen LogP contribution in [0.1, 0.15) is 5.56 Å². The van der Waals surface area contributed by atoms with Crippen molar-refractivity contribution < 1.29 is 14.3 Å². The lowest BCUT2D eigenvalue weighted by atomic mass is 10.2. The van der Waals surface area contributed by atoms with Crippen molar-refractivity contribution in [3.05, 3.63) is 53.4 Å². The van der Waals surface area contributed by atoms with Gasteiger partial charge in [0.2, 0.25) is 5.95 Å². The Bertz CT molecular complexity index is 1060. The number of amides is 2. The Morgan fingerprint density at radius 1 is 1.21 bits per heavy atom. The molecular weight excluding hydrogens is 396 g/mol. The van der Waals surface area contributed by atoms with Gasteiger partial charge in [0.1, 0.15) is 22.3 Å². The lowest BCUT2D eigenvalue weighted by molar-refractivity contribution is 0.256. The number of hydrogen-bond donors (Lipinski definition) is 2. The maximum Gasteiger partial charge on any atom is 0.327 e. The van der Waals surface area contributed by atoms with Gasteiger partial charge in [-0.2, -0.15) is 4.98 Å². The predicted molar refractivity (Wildman–Crippen MR) is 109 cm³/mol. The first kappa shape index (κ1) is 18.8. The standard InChI is InChI=1S/C19H17ClN6O3/c1-28-13-7-14(16(20)15(8-13)29-2)26-10-11-9-22-18(24-17(11)25-19(26)27)23-12-3-5-21-6-4-12/h3-9H,10H2,1-2H3,(H2,21,22,23,24,25,27). The maximum absolute atomic E-state index is 12.8. The lowest BCUT2D eigenvalue weighted by Crippen LogP contribution is -2.39. The molecule has 10 heteroatoms. The summed E-state index contributed by atoms with van der Waals surface area (Å²) < 4.78 is 10.6. The van der Waals surface area contributed by atoms with Gasteiger partial charge in [0.05, 0.1) is 26.5 Å². The van der Waals surface area contributed by atoms with E-state index in [4.69, 9.17) is 21.1 Å². The molecule has 0 spiro atoms. The summed E-state index contributed by atoms with van der Waals surface area (Å²) in [7, 11) is 3.03. The molecule has 0 fully saturated rings. The number of rotatable bonds is 5. The zero-order valence-corrected chi connectivity index (χ0v) is 16.4. The van der Waals surface area contributed by atoms with E-state index < -0.39 is 0 Å². The summed E-state index contributed by atoms with van der Waals surface area (Å²) in [4.78, 5) is 26.9. The van der Waals surface area contributed by atoms with Crippen LogP contribution < -0.4 is 25.0 Å². The third-order valence-electron chi connectivity index (χ3n) is 4.34. The molecule has 0 saturated carbocycles. The maximum atomic E-state index is 12.8. The van der Waals surface area contributed by atoms with Crippen molar-refractivity contribution >= 4 is 40.8 Å². The van der Waals surface area contributed by atoms with Gasteiger partial charge in [-0.1, -0.05) is 11.6 Å². The molecule has 0 radical (unpaired) electrons. The Labute approximate surface area is 171 Å². The van der Waals surface area contributed by atoms with Crippen molar-refractivity contribution in [2.45, 2.75) is 6.54 Å². The number of benzene rings is 1. The number of nitrogens with zero attached hydrogens (tertiary/aromatic N) is 4. The zero-order valence-electron chi connectivity index (χ0n) is 15.6. The van der Waals surface area contributed by atoms with Crippen molar-refractivity contribution in [2.24, 2.45) is 0 Å². The van der Waals surface area contributed by atoms with E-state index in [2.05, 4.69) is 25.6 Å². The summed E-state index contributed by atoms with van der Waals surface area (Å²) >= 11 is 6.43. The molecular formula is C19H17ClN6O3. The summed E-state index contributed by atoms with van der Waals surface area (Å²) in [5.41, 5.74) is 1.99. The Balaban J connectivity index is 1.63. The molecule has 9 nitrogen and oxygen atoms in total. The summed E-state index contributed by atoms with van der Waals surface area (Å²) in [6.45, 7) is 0.243. The van der Waals surface area contributed by atoms with Gasteiger partial charge in [0.15, 0.2) is 0 Å². The molecule has 0 unspecified atom stereocenters. The minimum absolute atomic E-state index is 0.243. The van der Waals surface area contributed by atoms with E-state index in [1.54, 1.807) is 42.9 Å². The molecule has 1 aromatic carbocycles. The molecule has 0 aliphatic carbocycles. The summed E-state index contributed by atoms with van der Waals surface area (Å²) in [5.74, 6) is 1.73. The number of methoxy groups -OCH3 is 2.